The first-order valence-electron chi connectivity index (χ1n) is 20.6. The van der Waals surface area contributed by atoms with Gasteiger partial charge in [0, 0.05) is 53.6 Å². The van der Waals surface area contributed by atoms with E-state index in [1.807, 2.05) is 74.5 Å². The van der Waals surface area contributed by atoms with Crippen LogP contribution in [-0.4, -0.2) is 52.6 Å². The average Bonchev–Trinajstić information content (AvgIpc) is 3.93. The minimum Gasteiger partial charge on any atom is -0.508 e. The summed E-state index contributed by atoms with van der Waals surface area (Å²) < 4.78 is 2.59. The third kappa shape index (κ3) is 6.34. The molecule has 1 N–H and O–H groups in total. The molecule has 4 aliphatic rings. The lowest BCUT2D eigenvalue weighted by molar-refractivity contribution is -0.131. The van der Waals surface area contributed by atoms with Crippen molar-refractivity contribution in [1.82, 2.24) is 9.78 Å². The van der Waals surface area contributed by atoms with Crippen LogP contribution in [0.1, 0.15) is 36.8 Å². The zero-order valence-electron chi connectivity index (χ0n) is 34.9. The van der Waals surface area contributed by atoms with E-state index in [0.717, 1.165) is 31.8 Å². The number of carbonyl (C=O) groups is 4. The van der Waals surface area contributed by atoms with Crippen LogP contribution in [0.25, 0.3) is 20.7 Å². The molecule has 2 aromatic heterocycles. The molecular weight excluding hydrogens is 858 g/mol. The maximum atomic E-state index is 15.2. The lowest BCUT2D eigenvalue weighted by atomic mass is 9.51. The van der Waals surface area contributed by atoms with Gasteiger partial charge in [0.15, 0.2) is 0 Å². The van der Waals surface area contributed by atoms with Crippen molar-refractivity contribution in [3.8, 4) is 16.3 Å². The van der Waals surface area contributed by atoms with E-state index in [4.69, 9.17) is 28.3 Å². The number of halogens is 2. The molecular formula is C48H41Cl2N7O5S. The number of amides is 4. The molecule has 6 unspecified atom stereocenters. The maximum absolute atomic E-state index is 15.2. The number of azo groups is 1. The highest BCUT2D eigenvalue weighted by Crippen LogP contribution is 2.64. The van der Waals surface area contributed by atoms with Gasteiger partial charge >= 0.3 is 0 Å². The van der Waals surface area contributed by atoms with Crippen LogP contribution < -0.4 is 14.7 Å². The Morgan fingerprint density at radius 1 is 0.841 bits per heavy atom. The number of phenols is 1. The number of carbonyl (C=O) groups excluding carboxylic acids is 4. The molecule has 0 spiro atoms. The minimum absolute atomic E-state index is 0.0504. The zero-order valence-corrected chi connectivity index (χ0v) is 37.2. The van der Waals surface area contributed by atoms with E-state index in [9.17, 15) is 14.7 Å². The van der Waals surface area contributed by atoms with Crippen molar-refractivity contribution >= 4 is 96.8 Å². The number of nitrogens with zero attached hydrogens (tertiary/aromatic N) is 7. The average molecular weight is 899 g/mol. The number of hydrogen-bond acceptors (Lipinski definition) is 10. The van der Waals surface area contributed by atoms with Gasteiger partial charge in [-0.05, 0) is 128 Å². The number of aromatic nitrogens is 2. The maximum Gasteiger partial charge on any atom is 0.242 e. The van der Waals surface area contributed by atoms with Crippen LogP contribution in [0.5, 0.6) is 5.75 Å². The van der Waals surface area contributed by atoms with E-state index in [2.05, 4.69) is 10.2 Å². The molecule has 63 heavy (non-hydrogen) atoms. The van der Waals surface area contributed by atoms with Crippen LogP contribution in [0.2, 0.25) is 10.0 Å². The standard InChI is InChI=1S/C48H41Cl2N7O5S/c1-24-34-20-25(49)6-19-39(34)63-43(24)38-23-40(55(5)53-38)57-45(60)36-22-35-31(42(48(36,2)47(57)62)32-16-15-30(58)21-37(32)50)17-18-33-41(35)46(61)56(44(33)59)29-13-9-27(10-14-29)52-51-26-7-11-28(12-8-26)54(3)4/h6-17,19-21,23,33,35-36,41-42,58H,18,22H2,1-5H3. The van der Waals surface area contributed by atoms with E-state index in [1.165, 1.54) is 21.9 Å². The Bertz CT molecular complexity index is 3000. The molecule has 6 atom stereocenters. The van der Waals surface area contributed by atoms with Crippen molar-refractivity contribution in [3.63, 3.8) is 0 Å². The highest BCUT2D eigenvalue weighted by Gasteiger charge is 2.68. The summed E-state index contributed by atoms with van der Waals surface area (Å²) in [4.78, 5) is 64.6. The number of anilines is 3. The van der Waals surface area contributed by atoms with Gasteiger partial charge in [-0.1, -0.05) is 40.9 Å². The van der Waals surface area contributed by atoms with Gasteiger partial charge in [0.25, 0.3) is 0 Å². The summed E-state index contributed by atoms with van der Waals surface area (Å²) in [6.07, 6.45) is 2.41. The van der Waals surface area contributed by atoms with Gasteiger partial charge in [0.2, 0.25) is 23.6 Å². The molecule has 15 heteroatoms. The second-order valence-electron chi connectivity index (χ2n) is 17.2. The molecule has 318 valence electrons. The molecule has 0 bridgehead atoms. The molecule has 12 nitrogen and oxygen atoms in total. The third-order valence-corrected chi connectivity index (χ3v) is 15.4. The molecule has 1 saturated carbocycles. The van der Waals surface area contributed by atoms with Gasteiger partial charge < -0.3 is 10.0 Å². The number of rotatable bonds is 7. The van der Waals surface area contributed by atoms with Crippen LogP contribution in [-0.2, 0) is 26.2 Å². The Hall–Kier alpha value is -6.15. The van der Waals surface area contributed by atoms with Crippen molar-refractivity contribution in [2.24, 2.45) is 46.4 Å². The van der Waals surface area contributed by atoms with E-state index >= 15 is 9.59 Å². The van der Waals surface area contributed by atoms with Crippen molar-refractivity contribution in [1.29, 1.82) is 0 Å². The fourth-order valence-corrected chi connectivity index (χ4v) is 12.0. The van der Waals surface area contributed by atoms with Crippen LogP contribution in [0, 0.1) is 36.0 Å². The number of thiophene rings is 1. The van der Waals surface area contributed by atoms with Crippen LogP contribution in [0.3, 0.4) is 0 Å². The van der Waals surface area contributed by atoms with Crippen molar-refractivity contribution < 1.29 is 24.3 Å². The Labute approximate surface area is 377 Å². The predicted octanol–water partition coefficient (Wildman–Crippen LogP) is 10.5. The smallest absolute Gasteiger partial charge is 0.242 e. The van der Waals surface area contributed by atoms with Crippen molar-refractivity contribution in [3.05, 3.63) is 124 Å². The van der Waals surface area contributed by atoms with Crippen molar-refractivity contribution in [2.75, 3.05) is 28.8 Å². The van der Waals surface area contributed by atoms with Gasteiger partial charge in [0.05, 0.1) is 45.1 Å². The summed E-state index contributed by atoms with van der Waals surface area (Å²) in [6, 6.07) is 26.6. The molecule has 3 fully saturated rings. The normalized spacial score (nSPS) is 24.4. The lowest BCUT2D eigenvalue weighted by Crippen LogP contribution is -2.49. The second kappa shape index (κ2) is 15.0. The number of aromatic hydroxyl groups is 1. The molecule has 4 aromatic carbocycles. The topological polar surface area (TPSA) is 141 Å². The first-order chi connectivity index (χ1) is 30.1. The number of imide groups is 2. The lowest BCUT2D eigenvalue weighted by Gasteiger charge is -2.49. The second-order valence-corrected chi connectivity index (χ2v) is 19.1. The first kappa shape index (κ1) is 40.9. The van der Waals surface area contributed by atoms with Gasteiger partial charge in [-0.2, -0.15) is 15.3 Å². The van der Waals surface area contributed by atoms with Crippen LogP contribution in [0.4, 0.5) is 28.6 Å². The first-order valence-corrected chi connectivity index (χ1v) is 22.2. The fourth-order valence-electron chi connectivity index (χ4n) is 10.4. The number of aryl methyl sites for hydroxylation is 2. The summed E-state index contributed by atoms with van der Waals surface area (Å²) in [5.74, 6) is -4.88. The summed E-state index contributed by atoms with van der Waals surface area (Å²) in [5.41, 5.74) is 4.28. The summed E-state index contributed by atoms with van der Waals surface area (Å²) >= 11 is 14.8. The quantitative estimate of drug-likeness (QED) is 0.0955. The number of benzene rings is 4. The number of fused-ring (bicyclic) bond motifs is 5. The SMILES string of the molecule is Cc1c(-c2cc(N3C(=O)C4CC5C(=CCC6C(=O)N(c7ccc(N=Nc8ccc(N(C)C)cc8)cc7)C(=O)C65)C(c5ccc(O)cc5Cl)C4(C)C3=O)n(C)n2)sc2ccc(Cl)cc12. The van der Waals surface area contributed by atoms with E-state index in [-0.39, 0.29) is 35.4 Å². The highest BCUT2D eigenvalue weighted by molar-refractivity contribution is 7.22. The summed E-state index contributed by atoms with van der Waals surface area (Å²) in [5, 5.41) is 25.8. The molecule has 4 heterocycles. The van der Waals surface area contributed by atoms with Crippen LogP contribution >= 0.6 is 34.5 Å². The Morgan fingerprint density at radius 3 is 2.22 bits per heavy atom. The molecule has 4 amide bonds. The summed E-state index contributed by atoms with van der Waals surface area (Å²) in [7, 11) is 5.64. The van der Waals surface area contributed by atoms with E-state index < -0.39 is 46.8 Å². The molecule has 6 aromatic rings. The van der Waals surface area contributed by atoms with Gasteiger partial charge in [-0.3, -0.25) is 28.8 Å². The monoisotopic (exact) mass is 897 g/mol. The Balaban J connectivity index is 0.991. The Morgan fingerprint density at radius 2 is 1.54 bits per heavy atom. The van der Waals surface area contributed by atoms with Gasteiger partial charge in [0.1, 0.15) is 17.3 Å². The Kier molecular flexibility index (Phi) is 9.73. The number of phenolic OH excluding ortho intramolecular Hbond substituents is 1. The van der Waals surface area contributed by atoms with E-state index in [0.29, 0.717) is 39.2 Å². The third-order valence-electron chi connectivity index (χ3n) is 13.5. The molecule has 2 saturated heterocycles. The van der Waals surface area contributed by atoms with Gasteiger partial charge in [-0.25, -0.2) is 4.90 Å². The molecule has 10 rings (SSSR count). The van der Waals surface area contributed by atoms with Crippen molar-refractivity contribution in [2.45, 2.75) is 32.6 Å². The fraction of sp³-hybridized carbons (Fsp3) is 0.271. The molecule has 2 aliphatic heterocycles. The number of allylic oxidation sites excluding steroid dienone is 2. The van der Waals surface area contributed by atoms with Crippen LogP contribution in [0.15, 0.2) is 113 Å². The molecule has 2 aliphatic carbocycles. The molecule has 0 radical (unpaired) electrons. The largest absolute Gasteiger partial charge is 0.508 e. The van der Waals surface area contributed by atoms with E-state index in [1.54, 1.807) is 66.4 Å². The number of hydrogen-bond donors (Lipinski definition) is 1. The minimum atomic E-state index is -1.34. The highest BCUT2D eigenvalue weighted by atomic mass is 35.5. The zero-order chi connectivity index (χ0) is 44.2. The predicted molar refractivity (Wildman–Crippen MR) is 245 cm³/mol. The summed E-state index contributed by atoms with van der Waals surface area (Å²) in [6.45, 7) is 3.80. The van der Waals surface area contributed by atoms with Gasteiger partial charge in [-0.15, -0.1) is 11.3 Å².